The van der Waals surface area contributed by atoms with Gasteiger partial charge in [0.2, 0.25) is 11.8 Å². The van der Waals surface area contributed by atoms with Crippen molar-refractivity contribution in [2.75, 3.05) is 6.54 Å². The van der Waals surface area contributed by atoms with Gasteiger partial charge >= 0.3 is 0 Å². The van der Waals surface area contributed by atoms with E-state index in [0.29, 0.717) is 19.5 Å². The van der Waals surface area contributed by atoms with Gasteiger partial charge in [0.05, 0.1) is 0 Å². The topological polar surface area (TPSA) is 49.4 Å². The van der Waals surface area contributed by atoms with Crippen molar-refractivity contribution in [2.45, 2.75) is 59.5 Å². The number of carbonyl (C=O) groups excluding carboxylic acids is 2. The first kappa shape index (κ1) is 18.2. The smallest absolute Gasteiger partial charge is 0.242 e. The van der Waals surface area contributed by atoms with Gasteiger partial charge in [-0.25, -0.2) is 0 Å². The number of unbranched alkanes of at least 4 members (excludes halogenated alkanes) is 1. The summed E-state index contributed by atoms with van der Waals surface area (Å²) in [7, 11) is 0. The van der Waals surface area contributed by atoms with Crippen molar-refractivity contribution in [2.24, 2.45) is 0 Å². The minimum Gasteiger partial charge on any atom is -0.354 e. The molecule has 0 aliphatic rings. The van der Waals surface area contributed by atoms with Gasteiger partial charge in [0.1, 0.15) is 6.04 Å². The third kappa shape index (κ3) is 5.51. The number of hydrogen-bond acceptors (Lipinski definition) is 2. The predicted octanol–water partition coefficient (Wildman–Crippen LogP) is 3.04. The van der Waals surface area contributed by atoms with Gasteiger partial charge in [-0.2, -0.15) is 0 Å². The highest BCUT2D eigenvalue weighted by molar-refractivity contribution is 5.87. The van der Waals surface area contributed by atoms with Crippen LogP contribution in [0.25, 0.3) is 0 Å². The van der Waals surface area contributed by atoms with Gasteiger partial charge in [-0.3, -0.25) is 9.59 Å². The molecule has 122 valence electrons. The summed E-state index contributed by atoms with van der Waals surface area (Å²) in [5.74, 6) is -0.0823. The number of carbonyl (C=O) groups is 2. The number of nitrogens with zero attached hydrogens (tertiary/aromatic N) is 1. The molecule has 0 saturated heterocycles. The van der Waals surface area contributed by atoms with Gasteiger partial charge in [-0.1, -0.05) is 50.1 Å². The van der Waals surface area contributed by atoms with E-state index < -0.39 is 6.04 Å². The lowest BCUT2D eigenvalue weighted by Gasteiger charge is -2.28. The van der Waals surface area contributed by atoms with Gasteiger partial charge in [0, 0.05) is 19.5 Å². The summed E-state index contributed by atoms with van der Waals surface area (Å²) >= 11 is 0. The standard InChI is InChI=1S/C18H28N2O2/c1-5-7-12-19-18(22)15(4)20(17(21)6-2)13-16-10-8-14(3)9-11-16/h8-11,15H,5-7,12-13H2,1-4H3,(H,19,22). The van der Waals surface area contributed by atoms with E-state index in [0.717, 1.165) is 18.4 Å². The molecule has 1 unspecified atom stereocenters. The van der Waals surface area contributed by atoms with Crippen LogP contribution in [0.5, 0.6) is 0 Å². The third-order valence-corrected chi connectivity index (χ3v) is 3.77. The van der Waals surface area contributed by atoms with E-state index in [1.165, 1.54) is 5.56 Å². The van der Waals surface area contributed by atoms with Gasteiger partial charge in [0.15, 0.2) is 0 Å². The number of aryl methyl sites for hydroxylation is 1. The molecule has 22 heavy (non-hydrogen) atoms. The number of amides is 2. The van der Waals surface area contributed by atoms with Crippen molar-refractivity contribution in [1.29, 1.82) is 0 Å². The molecule has 1 aromatic carbocycles. The SMILES string of the molecule is CCCCNC(=O)C(C)N(Cc1ccc(C)cc1)C(=O)CC. The minimum absolute atomic E-state index is 0.00119. The van der Waals surface area contributed by atoms with Gasteiger partial charge in [-0.05, 0) is 25.8 Å². The molecule has 0 spiro atoms. The monoisotopic (exact) mass is 304 g/mol. The second kappa shape index (κ2) is 9.23. The Labute approximate surface area is 133 Å². The van der Waals surface area contributed by atoms with Gasteiger partial charge in [0.25, 0.3) is 0 Å². The Kier molecular flexibility index (Phi) is 7.64. The molecule has 1 N–H and O–H groups in total. The van der Waals surface area contributed by atoms with Crippen LogP contribution in [-0.4, -0.2) is 29.3 Å². The van der Waals surface area contributed by atoms with Crippen molar-refractivity contribution in [3.63, 3.8) is 0 Å². The van der Waals surface area contributed by atoms with Crippen LogP contribution in [0.4, 0.5) is 0 Å². The molecule has 0 saturated carbocycles. The first-order chi connectivity index (χ1) is 10.5. The summed E-state index contributed by atoms with van der Waals surface area (Å²) in [6.45, 7) is 8.87. The molecule has 0 aromatic heterocycles. The molecular weight excluding hydrogens is 276 g/mol. The maximum atomic E-state index is 12.2. The van der Waals surface area contributed by atoms with Crippen LogP contribution < -0.4 is 5.32 Å². The Balaban J connectivity index is 2.76. The maximum Gasteiger partial charge on any atom is 0.242 e. The Hall–Kier alpha value is -1.84. The molecule has 0 radical (unpaired) electrons. The zero-order valence-corrected chi connectivity index (χ0v) is 14.2. The Morgan fingerprint density at radius 3 is 2.36 bits per heavy atom. The molecule has 4 nitrogen and oxygen atoms in total. The van der Waals surface area contributed by atoms with Gasteiger partial charge in [-0.15, -0.1) is 0 Å². The van der Waals surface area contributed by atoms with E-state index >= 15 is 0 Å². The Morgan fingerprint density at radius 1 is 1.18 bits per heavy atom. The highest BCUT2D eigenvalue weighted by Gasteiger charge is 2.24. The molecule has 2 amide bonds. The molecule has 0 aliphatic carbocycles. The number of hydrogen-bond donors (Lipinski definition) is 1. The van der Waals surface area contributed by atoms with Crippen LogP contribution in [0.2, 0.25) is 0 Å². The van der Waals surface area contributed by atoms with Crippen molar-refractivity contribution < 1.29 is 9.59 Å². The lowest BCUT2D eigenvalue weighted by molar-refractivity contribution is -0.140. The second-order valence-electron chi connectivity index (χ2n) is 5.68. The molecule has 4 heteroatoms. The molecule has 0 heterocycles. The van der Waals surface area contributed by atoms with Crippen molar-refractivity contribution in [1.82, 2.24) is 10.2 Å². The van der Waals surface area contributed by atoms with E-state index in [1.54, 1.807) is 11.8 Å². The molecule has 0 aliphatic heterocycles. The van der Waals surface area contributed by atoms with Crippen LogP contribution in [0.15, 0.2) is 24.3 Å². The average molecular weight is 304 g/mol. The Morgan fingerprint density at radius 2 is 1.82 bits per heavy atom. The molecule has 0 bridgehead atoms. The normalized spacial score (nSPS) is 11.8. The number of rotatable bonds is 8. The first-order valence-electron chi connectivity index (χ1n) is 8.12. The number of benzene rings is 1. The highest BCUT2D eigenvalue weighted by Crippen LogP contribution is 2.12. The summed E-state index contributed by atoms with van der Waals surface area (Å²) in [4.78, 5) is 26.1. The van der Waals surface area contributed by atoms with Crippen LogP contribution in [0.3, 0.4) is 0 Å². The van der Waals surface area contributed by atoms with E-state index in [4.69, 9.17) is 0 Å². The predicted molar refractivity (Wildman–Crippen MR) is 89.4 cm³/mol. The number of nitrogens with one attached hydrogen (secondary N) is 1. The summed E-state index contributed by atoms with van der Waals surface area (Å²) in [6, 6.07) is 7.61. The Bertz CT molecular complexity index is 482. The zero-order chi connectivity index (χ0) is 16.5. The lowest BCUT2D eigenvalue weighted by Crippen LogP contribution is -2.47. The van der Waals surface area contributed by atoms with E-state index in [2.05, 4.69) is 12.2 Å². The molecule has 1 aromatic rings. The quantitative estimate of drug-likeness (QED) is 0.750. The van der Waals surface area contributed by atoms with Crippen LogP contribution in [0.1, 0.15) is 51.2 Å². The van der Waals surface area contributed by atoms with Crippen LogP contribution in [-0.2, 0) is 16.1 Å². The summed E-state index contributed by atoms with van der Waals surface area (Å²) in [6.07, 6.45) is 2.40. The first-order valence-corrected chi connectivity index (χ1v) is 8.12. The molecular formula is C18H28N2O2. The summed E-state index contributed by atoms with van der Waals surface area (Å²) in [5.41, 5.74) is 2.23. The fourth-order valence-electron chi connectivity index (χ4n) is 2.21. The molecule has 1 rings (SSSR count). The average Bonchev–Trinajstić information content (AvgIpc) is 2.53. The van der Waals surface area contributed by atoms with Crippen LogP contribution in [0, 0.1) is 6.92 Å². The summed E-state index contributed by atoms with van der Waals surface area (Å²) < 4.78 is 0. The fraction of sp³-hybridized carbons (Fsp3) is 0.556. The summed E-state index contributed by atoms with van der Waals surface area (Å²) in [5, 5.41) is 2.90. The van der Waals surface area contributed by atoms with E-state index in [1.807, 2.05) is 38.1 Å². The minimum atomic E-state index is -0.453. The van der Waals surface area contributed by atoms with Crippen LogP contribution >= 0.6 is 0 Å². The molecule has 0 fully saturated rings. The second-order valence-corrected chi connectivity index (χ2v) is 5.68. The third-order valence-electron chi connectivity index (χ3n) is 3.77. The van der Waals surface area contributed by atoms with Crippen molar-refractivity contribution in [3.05, 3.63) is 35.4 Å². The largest absolute Gasteiger partial charge is 0.354 e. The zero-order valence-electron chi connectivity index (χ0n) is 14.2. The highest BCUT2D eigenvalue weighted by atomic mass is 16.2. The molecule has 1 atom stereocenters. The fourth-order valence-corrected chi connectivity index (χ4v) is 2.21. The lowest BCUT2D eigenvalue weighted by atomic mass is 10.1. The van der Waals surface area contributed by atoms with Crippen molar-refractivity contribution in [3.8, 4) is 0 Å². The van der Waals surface area contributed by atoms with E-state index in [9.17, 15) is 9.59 Å². The van der Waals surface area contributed by atoms with Crippen molar-refractivity contribution >= 4 is 11.8 Å². The van der Waals surface area contributed by atoms with E-state index in [-0.39, 0.29) is 11.8 Å². The maximum absolute atomic E-state index is 12.2. The van der Waals surface area contributed by atoms with Gasteiger partial charge < -0.3 is 10.2 Å².